The van der Waals surface area contributed by atoms with Crippen LogP contribution in [-0.2, 0) is 14.2 Å². The summed E-state index contributed by atoms with van der Waals surface area (Å²) >= 11 is 3.42. The van der Waals surface area contributed by atoms with Crippen molar-refractivity contribution in [3.05, 3.63) is 28.1 Å². The zero-order chi connectivity index (χ0) is 39.9. The Morgan fingerprint density at radius 1 is 0.745 bits per heavy atom. The molecule has 2 spiro atoms. The maximum Gasteiger partial charge on any atom is 0.410 e. The topological polar surface area (TPSA) is 110 Å². The van der Waals surface area contributed by atoms with Crippen LogP contribution in [0.5, 0.6) is 0 Å². The normalized spacial score (nSPS) is 25.9. The van der Waals surface area contributed by atoms with Crippen LogP contribution in [0.4, 0.5) is 15.4 Å². The van der Waals surface area contributed by atoms with Crippen LogP contribution >= 0.6 is 15.9 Å². The molecule has 0 aromatic carbocycles. The van der Waals surface area contributed by atoms with Crippen LogP contribution in [0, 0.1) is 24.7 Å². The molecule has 2 saturated carbocycles. The second kappa shape index (κ2) is 14.2. The molecule has 0 N–H and O–H groups in total. The molecule has 13 nitrogen and oxygen atoms in total. The van der Waals surface area contributed by atoms with Gasteiger partial charge in [0.15, 0.2) is 5.82 Å². The van der Waals surface area contributed by atoms with E-state index in [0.717, 1.165) is 88.3 Å². The van der Waals surface area contributed by atoms with Gasteiger partial charge in [0.25, 0.3) is 0 Å². The lowest BCUT2D eigenvalue weighted by atomic mass is 9.61. The summed E-state index contributed by atoms with van der Waals surface area (Å²) in [6.45, 7) is 26.9. The van der Waals surface area contributed by atoms with E-state index < -0.39 is 11.2 Å². The van der Waals surface area contributed by atoms with Crippen molar-refractivity contribution >= 4 is 33.9 Å². The van der Waals surface area contributed by atoms with Gasteiger partial charge in [0.2, 0.25) is 0 Å². The highest BCUT2D eigenvalue weighted by atomic mass is 79.9. The van der Waals surface area contributed by atoms with Crippen molar-refractivity contribution in [1.82, 2.24) is 34.3 Å². The van der Waals surface area contributed by atoms with E-state index in [1.807, 2.05) is 64.5 Å². The minimum absolute atomic E-state index is 0.0788. The van der Waals surface area contributed by atoms with E-state index in [4.69, 9.17) is 19.3 Å². The molecule has 2 aromatic heterocycles. The standard InChI is InChI=1S/C26H43N5O3.C15H22BrN3O2/c1-18-10-22(30-9-8-19(11-25(30,5)6)28-14-21(15-28)33-7)27-31(18)20-12-26(13-20)16-29(17-26)23(32)34-24(2,3)4;1-10-5-12(16)17-19(10)11-6-15(7-11)8-18(9-15)13(20)21-14(2,3)4/h10,19-21H,8-9,11-17H2,1-7H3;5,11H,6-9H2,1-4H3. The average Bonchev–Trinajstić information content (AvgIpc) is 3.47. The van der Waals surface area contributed by atoms with Crippen molar-refractivity contribution in [2.45, 2.75) is 149 Å². The van der Waals surface area contributed by atoms with E-state index >= 15 is 0 Å². The summed E-state index contributed by atoms with van der Waals surface area (Å²) in [6, 6.07) is 5.85. The highest BCUT2D eigenvalue weighted by Gasteiger charge is 2.56. The average molecular weight is 830 g/mol. The van der Waals surface area contributed by atoms with Gasteiger partial charge in [-0.15, -0.1) is 0 Å². The number of anilines is 1. The summed E-state index contributed by atoms with van der Waals surface area (Å²) in [5.41, 5.74) is 2.21. The molecular weight excluding hydrogens is 764 g/mol. The number of carbonyl (C=O) groups is 2. The Kier molecular flexibility index (Phi) is 10.4. The first-order valence-corrected chi connectivity index (χ1v) is 21.1. The number of carbonyl (C=O) groups excluding carboxylic acids is 2. The Hall–Kier alpha value is -2.84. The van der Waals surface area contributed by atoms with E-state index in [9.17, 15) is 9.59 Å². The number of aromatic nitrogens is 4. The fourth-order valence-electron chi connectivity index (χ4n) is 9.99. The molecule has 8 rings (SSSR count). The van der Waals surface area contributed by atoms with Crippen LogP contribution in [0.15, 0.2) is 16.7 Å². The second-order valence-electron chi connectivity index (χ2n) is 20.4. The van der Waals surface area contributed by atoms with E-state index in [1.54, 1.807) is 0 Å². The summed E-state index contributed by atoms with van der Waals surface area (Å²) in [6.07, 6.45) is 6.77. The molecular formula is C41H65BrN8O5. The van der Waals surface area contributed by atoms with Crippen molar-refractivity contribution in [1.29, 1.82) is 0 Å². The fourth-order valence-corrected chi connectivity index (χ4v) is 10.5. The minimum Gasteiger partial charge on any atom is -0.444 e. The molecule has 306 valence electrons. The zero-order valence-corrected chi connectivity index (χ0v) is 36.7. The smallest absolute Gasteiger partial charge is 0.410 e. The van der Waals surface area contributed by atoms with Crippen LogP contribution < -0.4 is 4.90 Å². The minimum atomic E-state index is -0.436. The van der Waals surface area contributed by atoms with Crippen molar-refractivity contribution in [2.75, 3.05) is 57.8 Å². The number of nitrogens with zero attached hydrogens (tertiary/aromatic N) is 8. The first kappa shape index (κ1) is 40.4. The monoisotopic (exact) mass is 828 g/mol. The quantitative estimate of drug-likeness (QED) is 0.305. The third kappa shape index (κ3) is 8.42. The first-order valence-electron chi connectivity index (χ1n) is 20.3. The fraction of sp³-hybridized carbons (Fsp3) is 0.805. The van der Waals surface area contributed by atoms with Gasteiger partial charge in [0, 0.05) is 92.8 Å². The SMILES string of the molecule is COC1CN(C2CCN(c3cc(C)n(C4CC5(C4)CN(C(=O)OC(C)(C)C)C5)n3)C(C)(C)C2)C1.Cc1cc(Br)nn1C1CC2(C1)CN(C(=O)OC(C)(C)C)C2. The molecule has 2 aromatic rings. The van der Waals surface area contributed by atoms with Crippen LogP contribution in [0.25, 0.3) is 0 Å². The summed E-state index contributed by atoms with van der Waals surface area (Å²) in [7, 11) is 1.82. The number of rotatable bonds is 5. The number of hydrogen-bond donors (Lipinski definition) is 0. The summed E-state index contributed by atoms with van der Waals surface area (Å²) in [5.74, 6) is 1.12. The largest absolute Gasteiger partial charge is 0.444 e. The molecule has 4 aliphatic heterocycles. The maximum atomic E-state index is 12.3. The van der Waals surface area contributed by atoms with Crippen LogP contribution in [0.1, 0.15) is 117 Å². The van der Waals surface area contributed by atoms with E-state index in [0.29, 0.717) is 29.6 Å². The molecule has 2 aliphatic carbocycles. The molecule has 14 heteroatoms. The Morgan fingerprint density at radius 2 is 1.22 bits per heavy atom. The summed E-state index contributed by atoms with van der Waals surface area (Å²) < 4.78 is 21.6. The van der Waals surface area contributed by atoms with E-state index in [2.05, 4.69) is 74.0 Å². The van der Waals surface area contributed by atoms with Gasteiger partial charge < -0.3 is 28.9 Å². The molecule has 6 fully saturated rings. The second-order valence-corrected chi connectivity index (χ2v) is 21.2. The Labute approximate surface area is 336 Å². The van der Waals surface area contributed by atoms with E-state index in [-0.39, 0.29) is 23.1 Å². The summed E-state index contributed by atoms with van der Waals surface area (Å²) in [5, 5.41) is 9.60. The number of hydrogen-bond acceptors (Lipinski definition) is 9. The van der Waals surface area contributed by atoms with Gasteiger partial charge in [-0.3, -0.25) is 14.3 Å². The Morgan fingerprint density at radius 3 is 1.64 bits per heavy atom. The van der Waals surface area contributed by atoms with Gasteiger partial charge in [0.05, 0.1) is 18.2 Å². The number of likely N-dealkylation sites (tertiary alicyclic amines) is 3. The van der Waals surface area contributed by atoms with Crippen LogP contribution in [0.3, 0.4) is 0 Å². The first-order chi connectivity index (χ1) is 25.6. The highest BCUT2D eigenvalue weighted by Crippen LogP contribution is 2.55. The third-order valence-corrected chi connectivity index (χ3v) is 13.1. The molecule has 6 heterocycles. The molecule has 0 radical (unpaired) electrons. The maximum absolute atomic E-state index is 12.3. The lowest BCUT2D eigenvalue weighted by Gasteiger charge is -2.58. The lowest BCUT2D eigenvalue weighted by molar-refractivity contribution is -0.0932. The predicted octanol–water partition coefficient (Wildman–Crippen LogP) is 7.37. The molecule has 0 bridgehead atoms. The van der Waals surface area contributed by atoms with Crippen LogP contribution in [0.2, 0.25) is 0 Å². The number of methoxy groups -OCH3 is 1. The molecule has 2 amide bonds. The molecule has 1 atom stereocenters. The molecule has 6 aliphatic rings. The van der Waals surface area contributed by atoms with Crippen molar-refractivity contribution in [3.63, 3.8) is 0 Å². The lowest BCUT2D eigenvalue weighted by Crippen LogP contribution is -2.64. The van der Waals surface area contributed by atoms with Gasteiger partial charge >= 0.3 is 12.2 Å². The summed E-state index contributed by atoms with van der Waals surface area (Å²) in [4.78, 5) is 33.0. The molecule has 1 unspecified atom stereocenters. The predicted molar refractivity (Wildman–Crippen MR) is 215 cm³/mol. The third-order valence-electron chi connectivity index (χ3n) is 12.7. The Balaban J connectivity index is 0.000000190. The number of amides is 2. The number of aryl methyl sites for hydroxylation is 2. The number of piperidine rings is 1. The zero-order valence-electron chi connectivity index (χ0n) is 35.2. The van der Waals surface area contributed by atoms with Crippen molar-refractivity contribution in [3.8, 4) is 0 Å². The number of halogens is 1. The van der Waals surface area contributed by atoms with Gasteiger partial charge in [-0.1, -0.05) is 0 Å². The van der Waals surface area contributed by atoms with E-state index in [1.165, 1.54) is 17.8 Å². The van der Waals surface area contributed by atoms with Gasteiger partial charge in [0.1, 0.15) is 15.8 Å². The van der Waals surface area contributed by atoms with Crippen molar-refractivity contribution in [2.24, 2.45) is 10.8 Å². The van der Waals surface area contributed by atoms with Gasteiger partial charge in [-0.05, 0) is 130 Å². The molecule has 55 heavy (non-hydrogen) atoms. The van der Waals surface area contributed by atoms with Crippen molar-refractivity contribution < 1.29 is 23.8 Å². The van der Waals surface area contributed by atoms with Crippen LogP contribution in [-0.4, -0.2) is 128 Å². The highest BCUT2D eigenvalue weighted by molar-refractivity contribution is 9.10. The van der Waals surface area contributed by atoms with Gasteiger partial charge in [-0.25, -0.2) is 9.59 Å². The number of ether oxygens (including phenoxy) is 3. The van der Waals surface area contributed by atoms with Gasteiger partial charge in [-0.2, -0.15) is 10.2 Å². The molecule has 4 saturated heterocycles. The Bertz CT molecular complexity index is 1720.